The van der Waals surface area contributed by atoms with Gasteiger partial charge in [0, 0.05) is 6.04 Å². The van der Waals surface area contributed by atoms with Crippen molar-refractivity contribution in [3.05, 3.63) is 22.4 Å². The van der Waals surface area contributed by atoms with Crippen LogP contribution in [0.15, 0.2) is 16.8 Å². The van der Waals surface area contributed by atoms with Gasteiger partial charge >= 0.3 is 0 Å². The average Bonchev–Trinajstić information content (AvgIpc) is 2.75. The second-order valence-corrected chi connectivity index (χ2v) is 6.07. The van der Waals surface area contributed by atoms with Crippen LogP contribution in [0.25, 0.3) is 0 Å². The molecule has 2 rings (SSSR count). The van der Waals surface area contributed by atoms with Gasteiger partial charge in [-0.05, 0) is 49.6 Å². The van der Waals surface area contributed by atoms with Crippen molar-refractivity contribution in [3.63, 3.8) is 0 Å². The first-order valence-corrected chi connectivity index (χ1v) is 6.97. The van der Waals surface area contributed by atoms with Crippen molar-refractivity contribution >= 4 is 23.2 Å². The fourth-order valence-electron chi connectivity index (χ4n) is 2.24. The van der Waals surface area contributed by atoms with Crippen LogP contribution in [0.5, 0.6) is 0 Å². The Labute approximate surface area is 111 Å². The lowest BCUT2D eigenvalue weighted by atomic mass is 9.98. The summed E-state index contributed by atoms with van der Waals surface area (Å²) in [5.74, 6) is -0.0957. The van der Waals surface area contributed by atoms with Crippen LogP contribution in [0.1, 0.15) is 26.3 Å². The fourth-order valence-corrected chi connectivity index (χ4v) is 2.92. The van der Waals surface area contributed by atoms with Crippen LogP contribution in [0.4, 0.5) is 0 Å². The van der Waals surface area contributed by atoms with Gasteiger partial charge in [-0.15, -0.1) is 0 Å². The van der Waals surface area contributed by atoms with E-state index in [1.54, 1.807) is 30.1 Å². The number of rotatable bonds is 3. The summed E-state index contributed by atoms with van der Waals surface area (Å²) < 4.78 is 0. The zero-order valence-corrected chi connectivity index (χ0v) is 11.7. The topological polar surface area (TPSA) is 49.4 Å². The Morgan fingerprint density at radius 3 is 2.83 bits per heavy atom. The average molecular weight is 266 g/mol. The first-order valence-electron chi connectivity index (χ1n) is 6.03. The third kappa shape index (κ3) is 2.56. The Morgan fingerprint density at radius 2 is 2.22 bits per heavy atom. The van der Waals surface area contributed by atoms with E-state index in [2.05, 4.69) is 16.8 Å². The van der Waals surface area contributed by atoms with Gasteiger partial charge < -0.3 is 10.2 Å². The molecule has 2 amide bonds. The molecule has 1 aliphatic rings. The number of carbonyl (C=O) groups excluding carboxylic acids is 2. The van der Waals surface area contributed by atoms with E-state index in [0.717, 1.165) is 6.42 Å². The molecule has 18 heavy (non-hydrogen) atoms. The number of thiophene rings is 1. The zero-order valence-electron chi connectivity index (χ0n) is 10.9. The molecule has 1 N–H and O–H groups in total. The van der Waals surface area contributed by atoms with E-state index in [4.69, 9.17) is 0 Å². The van der Waals surface area contributed by atoms with Gasteiger partial charge in [0.2, 0.25) is 11.8 Å². The van der Waals surface area contributed by atoms with Crippen molar-refractivity contribution in [1.82, 2.24) is 10.2 Å². The molecule has 0 radical (unpaired) electrons. The fraction of sp³-hybridized carbons (Fsp3) is 0.538. The number of hydrogen-bond acceptors (Lipinski definition) is 3. The predicted molar refractivity (Wildman–Crippen MR) is 71.4 cm³/mol. The van der Waals surface area contributed by atoms with Gasteiger partial charge in [-0.3, -0.25) is 9.59 Å². The van der Waals surface area contributed by atoms with Crippen LogP contribution in [0.2, 0.25) is 0 Å². The SMILES string of the molecule is CC(Cc1ccsc1)N1CC(=O)NC(C)(C)C1=O. The number of carbonyl (C=O) groups is 2. The Hall–Kier alpha value is -1.36. The van der Waals surface area contributed by atoms with Crippen molar-refractivity contribution in [1.29, 1.82) is 0 Å². The minimum absolute atomic E-state index is 0.00942. The zero-order chi connectivity index (χ0) is 13.3. The third-order valence-electron chi connectivity index (χ3n) is 3.20. The number of amides is 2. The molecule has 1 aliphatic heterocycles. The molecule has 1 aromatic rings. The van der Waals surface area contributed by atoms with Gasteiger partial charge in [0.1, 0.15) is 5.54 Å². The van der Waals surface area contributed by atoms with Crippen molar-refractivity contribution in [2.24, 2.45) is 0 Å². The van der Waals surface area contributed by atoms with Gasteiger partial charge in [0.25, 0.3) is 0 Å². The van der Waals surface area contributed by atoms with E-state index in [0.29, 0.717) is 0 Å². The summed E-state index contributed by atoms with van der Waals surface area (Å²) in [5.41, 5.74) is 0.419. The smallest absolute Gasteiger partial charge is 0.248 e. The van der Waals surface area contributed by atoms with Crippen LogP contribution in [-0.2, 0) is 16.0 Å². The highest BCUT2D eigenvalue weighted by Crippen LogP contribution is 2.19. The molecule has 0 spiro atoms. The Morgan fingerprint density at radius 1 is 1.50 bits per heavy atom. The van der Waals surface area contributed by atoms with E-state index in [1.807, 2.05) is 12.3 Å². The highest BCUT2D eigenvalue weighted by atomic mass is 32.1. The second kappa shape index (κ2) is 4.72. The monoisotopic (exact) mass is 266 g/mol. The quantitative estimate of drug-likeness (QED) is 0.899. The van der Waals surface area contributed by atoms with E-state index < -0.39 is 5.54 Å². The van der Waals surface area contributed by atoms with Gasteiger partial charge in [-0.1, -0.05) is 0 Å². The minimum atomic E-state index is -0.793. The summed E-state index contributed by atoms with van der Waals surface area (Å²) in [4.78, 5) is 25.6. The molecule has 0 saturated carbocycles. The summed E-state index contributed by atoms with van der Waals surface area (Å²) in [5, 5.41) is 6.83. The second-order valence-electron chi connectivity index (χ2n) is 5.29. The van der Waals surface area contributed by atoms with Gasteiger partial charge in [-0.25, -0.2) is 0 Å². The first kappa shape index (κ1) is 13.1. The largest absolute Gasteiger partial charge is 0.341 e. The molecule has 0 aromatic carbocycles. The van der Waals surface area contributed by atoms with Gasteiger partial charge in [-0.2, -0.15) is 11.3 Å². The lowest BCUT2D eigenvalue weighted by molar-refractivity contribution is -0.150. The number of nitrogens with zero attached hydrogens (tertiary/aromatic N) is 1. The summed E-state index contributed by atoms with van der Waals surface area (Å²) in [6.07, 6.45) is 0.790. The minimum Gasteiger partial charge on any atom is -0.341 e. The Balaban J connectivity index is 2.11. The molecule has 1 atom stereocenters. The van der Waals surface area contributed by atoms with Crippen molar-refractivity contribution < 1.29 is 9.59 Å². The van der Waals surface area contributed by atoms with Crippen molar-refractivity contribution in [2.75, 3.05) is 6.54 Å². The predicted octanol–water partition coefficient (Wildman–Crippen LogP) is 1.42. The maximum Gasteiger partial charge on any atom is 0.248 e. The lowest BCUT2D eigenvalue weighted by Gasteiger charge is -2.40. The van der Waals surface area contributed by atoms with Crippen molar-refractivity contribution in [2.45, 2.75) is 38.8 Å². The van der Waals surface area contributed by atoms with E-state index in [1.165, 1.54) is 5.56 Å². The molecule has 5 heteroatoms. The molecular weight excluding hydrogens is 248 g/mol. The Kier molecular flexibility index (Phi) is 3.43. The lowest BCUT2D eigenvalue weighted by Crippen LogP contribution is -2.65. The van der Waals surface area contributed by atoms with Crippen LogP contribution in [-0.4, -0.2) is 34.8 Å². The van der Waals surface area contributed by atoms with Gasteiger partial charge in [0.05, 0.1) is 6.54 Å². The first-order chi connectivity index (χ1) is 8.40. The summed E-state index contributed by atoms with van der Waals surface area (Å²) in [7, 11) is 0. The maximum absolute atomic E-state index is 12.3. The van der Waals surface area contributed by atoms with E-state index >= 15 is 0 Å². The standard InChI is InChI=1S/C13H18N2O2S/c1-9(6-10-4-5-18-8-10)15-7-11(16)14-13(2,3)12(15)17/h4-5,8-9H,6-7H2,1-3H3,(H,14,16). The highest BCUT2D eigenvalue weighted by molar-refractivity contribution is 7.07. The van der Waals surface area contributed by atoms with Crippen LogP contribution >= 0.6 is 11.3 Å². The molecular formula is C13H18N2O2S. The Bertz CT molecular complexity index is 454. The normalized spacial score (nSPS) is 20.7. The molecule has 4 nitrogen and oxygen atoms in total. The molecule has 98 valence electrons. The van der Waals surface area contributed by atoms with Crippen molar-refractivity contribution in [3.8, 4) is 0 Å². The summed E-state index contributed by atoms with van der Waals surface area (Å²) in [6, 6.07) is 2.10. The number of hydrogen-bond donors (Lipinski definition) is 1. The van der Waals surface area contributed by atoms with Crippen LogP contribution < -0.4 is 5.32 Å². The molecule has 2 heterocycles. The summed E-state index contributed by atoms with van der Waals surface area (Å²) >= 11 is 1.65. The molecule has 0 bridgehead atoms. The van der Waals surface area contributed by atoms with Crippen LogP contribution in [0.3, 0.4) is 0 Å². The molecule has 1 unspecified atom stereocenters. The molecule has 1 aromatic heterocycles. The highest BCUT2D eigenvalue weighted by Gasteiger charge is 2.40. The molecule has 1 saturated heterocycles. The van der Waals surface area contributed by atoms with E-state index in [-0.39, 0.29) is 24.4 Å². The summed E-state index contributed by atoms with van der Waals surface area (Å²) in [6.45, 7) is 5.64. The third-order valence-corrected chi connectivity index (χ3v) is 3.94. The molecule has 0 aliphatic carbocycles. The maximum atomic E-state index is 12.3. The number of piperazine rings is 1. The van der Waals surface area contributed by atoms with E-state index in [9.17, 15) is 9.59 Å². The van der Waals surface area contributed by atoms with Crippen LogP contribution in [0, 0.1) is 0 Å². The van der Waals surface area contributed by atoms with Gasteiger partial charge in [0.15, 0.2) is 0 Å². The molecule has 1 fully saturated rings. The number of nitrogens with one attached hydrogen (secondary N) is 1.